The molecule has 3 rings (SSSR count). The minimum absolute atomic E-state index is 0.0546. The van der Waals surface area contributed by atoms with Crippen LogP contribution in [-0.4, -0.2) is 28.4 Å². The monoisotopic (exact) mass is 384 g/mol. The Balaban J connectivity index is 1.97. The summed E-state index contributed by atoms with van der Waals surface area (Å²) < 4.78 is 11.9. The van der Waals surface area contributed by atoms with Gasteiger partial charge in [0.25, 0.3) is 0 Å². The fraction of sp³-hybridized carbons (Fsp3) is 0.111. The number of phenols is 2. The summed E-state index contributed by atoms with van der Waals surface area (Å²) in [5.74, 6) is 0.0818. The topological polar surface area (TPSA) is 188 Å². The molecule has 2 aromatic rings. The molecule has 2 atom stereocenters. The van der Waals surface area contributed by atoms with E-state index in [1.807, 2.05) is 0 Å². The van der Waals surface area contributed by atoms with Gasteiger partial charge in [-0.05, 0) is 35.9 Å². The van der Waals surface area contributed by atoms with Crippen molar-refractivity contribution in [2.75, 3.05) is 0 Å². The standard InChI is InChI=1S/C18H20N6O4/c19-17(20)23-6-5-9-1-4-13-14(7-9)27-15(16(28-13)24-18(21)22)10-2-3-11(25)12(26)8-10/h1-8,15-16,25-26H,(H4,19,20,23)(H4,21,22,24)/t15-,16-/m1/s1. The molecule has 0 fully saturated rings. The van der Waals surface area contributed by atoms with Gasteiger partial charge in [0.05, 0.1) is 0 Å². The molecule has 0 radical (unpaired) electrons. The molecule has 0 aliphatic carbocycles. The summed E-state index contributed by atoms with van der Waals surface area (Å²) in [7, 11) is 0. The summed E-state index contributed by atoms with van der Waals surface area (Å²) in [5.41, 5.74) is 22.9. The van der Waals surface area contributed by atoms with E-state index in [9.17, 15) is 10.2 Å². The van der Waals surface area contributed by atoms with E-state index in [1.165, 1.54) is 18.3 Å². The van der Waals surface area contributed by atoms with Crippen LogP contribution in [0.2, 0.25) is 0 Å². The first kappa shape index (κ1) is 18.7. The zero-order valence-corrected chi connectivity index (χ0v) is 14.7. The molecule has 0 amide bonds. The Morgan fingerprint density at radius 3 is 2.36 bits per heavy atom. The van der Waals surface area contributed by atoms with Crippen LogP contribution in [0.15, 0.2) is 52.6 Å². The van der Waals surface area contributed by atoms with Crippen LogP contribution in [0.1, 0.15) is 17.2 Å². The lowest BCUT2D eigenvalue weighted by Gasteiger charge is -2.32. The van der Waals surface area contributed by atoms with Crippen LogP contribution in [0.25, 0.3) is 6.08 Å². The van der Waals surface area contributed by atoms with Gasteiger partial charge in [0, 0.05) is 11.8 Å². The quantitative estimate of drug-likeness (QED) is 0.249. The number of nitrogens with two attached hydrogens (primary N) is 4. The third-order valence-corrected chi connectivity index (χ3v) is 3.82. The number of benzene rings is 2. The molecule has 0 saturated carbocycles. The van der Waals surface area contributed by atoms with Gasteiger partial charge in [-0.1, -0.05) is 12.1 Å². The minimum atomic E-state index is -0.885. The summed E-state index contributed by atoms with van der Waals surface area (Å²) >= 11 is 0. The maximum absolute atomic E-state index is 9.81. The Labute approximate surface area is 160 Å². The van der Waals surface area contributed by atoms with E-state index < -0.39 is 12.3 Å². The minimum Gasteiger partial charge on any atom is -0.504 e. The van der Waals surface area contributed by atoms with E-state index in [0.29, 0.717) is 17.1 Å². The van der Waals surface area contributed by atoms with E-state index in [1.54, 1.807) is 30.3 Å². The van der Waals surface area contributed by atoms with Gasteiger partial charge in [0.2, 0.25) is 6.23 Å². The molecule has 0 bridgehead atoms. The van der Waals surface area contributed by atoms with Gasteiger partial charge in [-0.25, -0.2) is 9.98 Å². The normalized spacial score (nSPS) is 17.9. The molecule has 28 heavy (non-hydrogen) atoms. The van der Waals surface area contributed by atoms with Gasteiger partial charge in [0.15, 0.2) is 41.0 Å². The number of hydrogen-bond donors (Lipinski definition) is 6. The van der Waals surface area contributed by atoms with Gasteiger partial charge < -0.3 is 42.6 Å². The Morgan fingerprint density at radius 2 is 1.68 bits per heavy atom. The number of rotatable bonds is 4. The van der Waals surface area contributed by atoms with E-state index >= 15 is 0 Å². The second kappa shape index (κ2) is 7.66. The van der Waals surface area contributed by atoms with Crippen LogP contribution in [0.4, 0.5) is 0 Å². The Bertz CT molecular complexity index is 965. The largest absolute Gasteiger partial charge is 0.504 e. The Morgan fingerprint density at radius 1 is 0.893 bits per heavy atom. The van der Waals surface area contributed by atoms with E-state index in [2.05, 4.69) is 9.98 Å². The van der Waals surface area contributed by atoms with E-state index in [-0.39, 0.29) is 23.4 Å². The number of ether oxygens (including phenoxy) is 2. The van der Waals surface area contributed by atoms with Crippen molar-refractivity contribution >= 4 is 18.0 Å². The molecule has 10 heteroatoms. The van der Waals surface area contributed by atoms with E-state index in [0.717, 1.165) is 5.56 Å². The summed E-state index contributed by atoms with van der Waals surface area (Å²) in [4.78, 5) is 7.84. The number of guanidine groups is 2. The second-order valence-corrected chi connectivity index (χ2v) is 5.92. The smallest absolute Gasteiger partial charge is 0.234 e. The molecule has 10 nitrogen and oxygen atoms in total. The highest BCUT2D eigenvalue weighted by Gasteiger charge is 2.33. The lowest BCUT2D eigenvalue weighted by atomic mass is 10.1. The molecule has 2 aromatic carbocycles. The van der Waals surface area contributed by atoms with E-state index in [4.69, 9.17) is 32.4 Å². The maximum Gasteiger partial charge on any atom is 0.234 e. The van der Waals surface area contributed by atoms with Gasteiger partial charge >= 0.3 is 0 Å². The molecule has 0 unspecified atom stereocenters. The van der Waals surface area contributed by atoms with Crippen molar-refractivity contribution in [3.8, 4) is 23.0 Å². The number of fused-ring (bicyclic) bond motifs is 1. The maximum atomic E-state index is 9.81. The van der Waals surface area contributed by atoms with Crippen molar-refractivity contribution in [2.45, 2.75) is 12.3 Å². The van der Waals surface area contributed by atoms with Crippen molar-refractivity contribution in [3.63, 3.8) is 0 Å². The molecule has 1 aliphatic heterocycles. The zero-order chi connectivity index (χ0) is 20.3. The number of aromatic hydroxyl groups is 2. The third kappa shape index (κ3) is 4.18. The van der Waals surface area contributed by atoms with Crippen LogP contribution in [0.5, 0.6) is 23.0 Å². The number of aliphatic imine (C=N–C) groups is 2. The number of phenolic OH excluding ortho intramolecular Hbond substituents is 2. The average Bonchev–Trinajstić information content (AvgIpc) is 2.63. The van der Waals surface area contributed by atoms with Gasteiger partial charge in [-0.3, -0.25) is 0 Å². The van der Waals surface area contributed by atoms with Crippen LogP contribution >= 0.6 is 0 Å². The van der Waals surface area contributed by atoms with Gasteiger partial charge in [-0.15, -0.1) is 0 Å². The molecule has 10 N–H and O–H groups in total. The number of nitrogens with zero attached hydrogens (tertiary/aromatic N) is 2. The van der Waals surface area contributed by atoms with Crippen LogP contribution in [0.3, 0.4) is 0 Å². The fourth-order valence-corrected chi connectivity index (χ4v) is 2.61. The van der Waals surface area contributed by atoms with Crippen LogP contribution in [-0.2, 0) is 0 Å². The van der Waals surface area contributed by atoms with Crippen molar-refractivity contribution in [3.05, 3.63) is 53.7 Å². The molecule has 146 valence electrons. The highest BCUT2D eigenvalue weighted by Crippen LogP contribution is 2.42. The Kier molecular flexibility index (Phi) is 5.12. The van der Waals surface area contributed by atoms with Gasteiger partial charge in [0.1, 0.15) is 0 Å². The lowest BCUT2D eigenvalue weighted by molar-refractivity contribution is 0.0248. The predicted molar refractivity (Wildman–Crippen MR) is 105 cm³/mol. The number of hydrogen-bond acceptors (Lipinski definition) is 6. The van der Waals surface area contributed by atoms with Crippen LogP contribution in [0, 0.1) is 0 Å². The zero-order valence-electron chi connectivity index (χ0n) is 14.7. The first-order valence-corrected chi connectivity index (χ1v) is 8.17. The lowest BCUT2D eigenvalue weighted by Crippen LogP contribution is -2.35. The van der Waals surface area contributed by atoms with Crippen molar-refractivity contribution in [1.82, 2.24) is 0 Å². The van der Waals surface area contributed by atoms with Crippen molar-refractivity contribution in [2.24, 2.45) is 32.9 Å². The molecular weight excluding hydrogens is 364 g/mol. The van der Waals surface area contributed by atoms with Crippen LogP contribution < -0.4 is 32.4 Å². The Hall–Kier alpha value is -4.08. The second-order valence-electron chi connectivity index (χ2n) is 5.92. The predicted octanol–water partition coefficient (Wildman–Crippen LogP) is 0.454. The highest BCUT2D eigenvalue weighted by atomic mass is 16.6. The summed E-state index contributed by atoms with van der Waals surface area (Å²) in [5, 5.41) is 19.4. The highest BCUT2D eigenvalue weighted by molar-refractivity contribution is 5.77. The molecule has 0 aromatic heterocycles. The molecule has 0 spiro atoms. The van der Waals surface area contributed by atoms with Crippen molar-refractivity contribution < 1.29 is 19.7 Å². The summed E-state index contributed by atoms with van der Waals surface area (Å²) in [6, 6.07) is 9.47. The van der Waals surface area contributed by atoms with Gasteiger partial charge in [-0.2, -0.15) is 0 Å². The SMILES string of the molecule is NC(N)=NC=Cc1ccc2c(c1)O[C@H](c1ccc(O)c(O)c1)[C@H](N=C(N)N)O2. The fourth-order valence-electron chi connectivity index (χ4n) is 2.61. The third-order valence-electron chi connectivity index (χ3n) is 3.82. The molecule has 1 heterocycles. The first-order valence-electron chi connectivity index (χ1n) is 8.17. The average molecular weight is 384 g/mol. The van der Waals surface area contributed by atoms with Crippen molar-refractivity contribution in [1.29, 1.82) is 0 Å². The molecule has 0 saturated heterocycles. The molecule has 1 aliphatic rings. The summed E-state index contributed by atoms with van der Waals surface area (Å²) in [6.45, 7) is 0. The first-order chi connectivity index (χ1) is 13.3. The summed E-state index contributed by atoms with van der Waals surface area (Å²) in [6.07, 6.45) is 1.49. The molecular formula is C18H20N6O4.